The molecule has 0 spiro atoms. The summed E-state index contributed by atoms with van der Waals surface area (Å²) in [6, 6.07) is 4.53. The largest absolute Gasteiger partial charge is 0.352 e. The van der Waals surface area contributed by atoms with Crippen molar-refractivity contribution in [2.75, 3.05) is 12.4 Å². The van der Waals surface area contributed by atoms with Crippen LogP contribution in [0.2, 0.25) is 0 Å². The first-order valence-corrected chi connectivity index (χ1v) is 7.19. The van der Waals surface area contributed by atoms with Gasteiger partial charge in [-0.25, -0.2) is 0 Å². The molecule has 1 rings (SSSR count). The Hall–Kier alpha value is -1.62. The molecule has 0 saturated heterocycles. The zero-order valence-corrected chi connectivity index (χ0v) is 12.3. The van der Waals surface area contributed by atoms with Gasteiger partial charge in [0.05, 0.1) is 4.92 Å². The Kier molecular flexibility index (Phi) is 7.01. The summed E-state index contributed by atoms with van der Waals surface area (Å²) in [7, 11) is 0. The molecule has 0 heterocycles. The number of benzene rings is 1. The number of halogens is 1. The summed E-state index contributed by atoms with van der Waals surface area (Å²) in [6.45, 7) is 2.16. The molecule has 0 bridgehead atoms. The number of hydrogen-bond acceptors (Lipinski definition) is 3. The summed E-state index contributed by atoms with van der Waals surface area (Å²) in [4.78, 5) is 22.3. The number of nitrogens with zero attached hydrogens (tertiary/aromatic N) is 1. The molecule has 0 aliphatic heterocycles. The van der Waals surface area contributed by atoms with E-state index in [0.717, 1.165) is 25.7 Å². The standard InChI is InChI=1S/C14H19ClN2O3/c1-11-12(7-6-8-13(11)17(19)20)14(18)16-10-5-3-2-4-9-15/h6-8H,2-5,9-10H2,1H3,(H,16,18). The van der Waals surface area contributed by atoms with E-state index >= 15 is 0 Å². The van der Waals surface area contributed by atoms with E-state index in [1.54, 1.807) is 13.0 Å². The van der Waals surface area contributed by atoms with Gasteiger partial charge in [-0.2, -0.15) is 0 Å². The highest BCUT2D eigenvalue weighted by Gasteiger charge is 2.17. The van der Waals surface area contributed by atoms with Crippen LogP contribution in [0.3, 0.4) is 0 Å². The van der Waals surface area contributed by atoms with Crippen molar-refractivity contribution in [3.8, 4) is 0 Å². The smallest absolute Gasteiger partial charge is 0.273 e. The van der Waals surface area contributed by atoms with Crippen LogP contribution in [-0.2, 0) is 0 Å². The minimum absolute atomic E-state index is 0.0280. The molecular formula is C14H19ClN2O3. The molecule has 1 N–H and O–H groups in total. The van der Waals surface area contributed by atoms with Gasteiger partial charge in [0.1, 0.15) is 0 Å². The van der Waals surface area contributed by atoms with E-state index in [1.807, 2.05) is 0 Å². The van der Waals surface area contributed by atoms with Crippen LogP contribution in [0, 0.1) is 17.0 Å². The van der Waals surface area contributed by atoms with Crippen molar-refractivity contribution in [1.29, 1.82) is 0 Å². The lowest BCUT2D eigenvalue weighted by Crippen LogP contribution is -2.25. The van der Waals surface area contributed by atoms with Gasteiger partial charge in [-0.3, -0.25) is 14.9 Å². The first-order chi connectivity index (χ1) is 9.57. The van der Waals surface area contributed by atoms with E-state index in [1.165, 1.54) is 12.1 Å². The molecule has 0 aliphatic rings. The molecule has 1 aromatic carbocycles. The molecule has 0 atom stereocenters. The second kappa shape index (κ2) is 8.53. The van der Waals surface area contributed by atoms with Crippen molar-refractivity contribution < 1.29 is 9.72 Å². The topological polar surface area (TPSA) is 72.2 Å². The average molecular weight is 299 g/mol. The third-order valence-electron chi connectivity index (χ3n) is 3.09. The molecule has 0 aliphatic carbocycles. The maximum Gasteiger partial charge on any atom is 0.273 e. The van der Waals surface area contributed by atoms with E-state index in [0.29, 0.717) is 23.6 Å². The number of carbonyl (C=O) groups excluding carboxylic acids is 1. The van der Waals surface area contributed by atoms with Crippen LogP contribution in [0.25, 0.3) is 0 Å². The quantitative estimate of drug-likeness (QED) is 0.346. The Morgan fingerprint density at radius 1 is 1.30 bits per heavy atom. The fraction of sp³-hybridized carbons (Fsp3) is 0.500. The van der Waals surface area contributed by atoms with Gasteiger partial charge in [-0.1, -0.05) is 18.9 Å². The number of unbranched alkanes of at least 4 members (excludes halogenated alkanes) is 3. The second-order valence-electron chi connectivity index (χ2n) is 4.57. The van der Waals surface area contributed by atoms with Gasteiger partial charge in [-0.05, 0) is 25.8 Å². The van der Waals surface area contributed by atoms with Crippen LogP contribution in [0.4, 0.5) is 5.69 Å². The van der Waals surface area contributed by atoms with Crippen LogP contribution in [0.1, 0.15) is 41.6 Å². The van der Waals surface area contributed by atoms with E-state index in [2.05, 4.69) is 5.32 Å². The maximum absolute atomic E-state index is 12.0. The SMILES string of the molecule is Cc1c(C(=O)NCCCCCCCl)cccc1[N+](=O)[O-]. The van der Waals surface area contributed by atoms with Crippen LogP contribution < -0.4 is 5.32 Å². The first kappa shape index (κ1) is 16.4. The van der Waals surface area contributed by atoms with Crippen molar-refractivity contribution in [3.63, 3.8) is 0 Å². The fourth-order valence-electron chi connectivity index (χ4n) is 1.94. The summed E-state index contributed by atoms with van der Waals surface area (Å²) in [5.41, 5.74) is 0.733. The van der Waals surface area contributed by atoms with Crippen molar-refractivity contribution in [2.45, 2.75) is 32.6 Å². The number of hydrogen-bond donors (Lipinski definition) is 1. The highest BCUT2D eigenvalue weighted by molar-refractivity contribution is 6.17. The summed E-state index contributed by atoms with van der Waals surface area (Å²) in [6.07, 6.45) is 3.94. The Balaban J connectivity index is 2.52. The zero-order chi connectivity index (χ0) is 15.0. The number of nitro benzene ring substituents is 1. The highest BCUT2D eigenvalue weighted by Crippen LogP contribution is 2.20. The lowest BCUT2D eigenvalue weighted by molar-refractivity contribution is -0.385. The Morgan fingerprint density at radius 3 is 2.65 bits per heavy atom. The third-order valence-corrected chi connectivity index (χ3v) is 3.36. The van der Waals surface area contributed by atoms with Crippen molar-refractivity contribution in [3.05, 3.63) is 39.4 Å². The van der Waals surface area contributed by atoms with Crippen LogP contribution in [-0.4, -0.2) is 23.3 Å². The second-order valence-corrected chi connectivity index (χ2v) is 4.94. The van der Waals surface area contributed by atoms with Gasteiger partial charge in [0.25, 0.3) is 11.6 Å². The molecule has 0 unspecified atom stereocenters. The minimum Gasteiger partial charge on any atom is -0.352 e. The molecule has 6 heteroatoms. The minimum atomic E-state index is -0.474. The number of amides is 1. The molecule has 0 fully saturated rings. The van der Waals surface area contributed by atoms with Gasteiger partial charge in [0.2, 0.25) is 0 Å². The lowest BCUT2D eigenvalue weighted by Gasteiger charge is -2.07. The Morgan fingerprint density at radius 2 is 2.00 bits per heavy atom. The van der Waals surface area contributed by atoms with E-state index in [4.69, 9.17) is 11.6 Å². The Labute approximate surface area is 123 Å². The summed E-state index contributed by atoms with van der Waals surface area (Å²) in [5, 5.41) is 13.6. The highest BCUT2D eigenvalue weighted by atomic mass is 35.5. The van der Waals surface area contributed by atoms with Gasteiger partial charge >= 0.3 is 0 Å². The third kappa shape index (κ3) is 4.81. The molecule has 5 nitrogen and oxygen atoms in total. The summed E-state index contributed by atoms with van der Waals surface area (Å²) < 4.78 is 0. The van der Waals surface area contributed by atoms with Gasteiger partial charge in [0.15, 0.2) is 0 Å². The van der Waals surface area contributed by atoms with Crippen molar-refractivity contribution >= 4 is 23.2 Å². The van der Waals surface area contributed by atoms with Gasteiger partial charge in [-0.15, -0.1) is 11.6 Å². The predicted molar refractivity (Wildman–Crippen MR) is 79.4 cm³/mol. The van der Waals surface area contributed by atoms with E-state index in [9.17, 15) is 14.9 Å². The van der Waals surface area contributed by atoms with Gasteiger partial charge < -0.3 is 5.32 Å². The summed E-state index contributed by atoms with van der Waals surface area (Å²) in [5.74, 6) is 0.405. The lowest BCUT2D eigenvalue weighted by atomic mass is 10.1. The number of rotatable bonds is 8. The molecule has 0 aromatic heterocycles. The zero-order valence-electron chi connectivity index (χ0n) is 11.5. The Bertz CT molecular complexity index is 477. The van der Waals surface area contributed by atoms with Crippen molar-refractivity contribution in [2.24, 2.45) is 0 Å². The molecular weight excluding hydrogens is 280 g/mol. The fourth-order valence-corrected chi connectivity index (χ4v) is 2.13. The molecule has 0 saturated carbocycles. The number of carbonyl (C=O) groups is 1. The van der Waals surface area contributed by atoms with Crippen molar-refractivity contribution in [1.82, 2.24) is 5.32 Å². The predicted octanol–water partition coefficient (Wildman–Crippen LogP) is 3.43. The van der Waals surface area contributed by atoms with Crippen LogP contribution in [0.5, 0.6) is 0 Å². The molecule has 0 radical (unpaired) electrons. The van der Waals surface area contributed by atoms with Crippen LogP contribution in [0.15, 0.2) is 18.2 Å². The molecule has 1 aromatic rings. The van der Waals surface area contributed by atoms with E-state index in [-0.39, 0.29) is 11.6 Å². The average Bonchev–Trinajstić information content (AvgIpc) is 2.42. The normalized spacial score (nSPS) is 10.3. The molecule has 110 valence electrons. The monoisotopic (exact) mass is 298 g/mol. The first-order valence-electron chi connectivity index (χ1n) is 6.66. The number of nitrogens with one attached hydrogen (secondary N) is 1. The molecule has 20 heavy (non-hydrogen) atoms. The van der Waals surface area contributed by atoms with Gasteiger partial charge in [0, 0.05) is 29.6 Å². The number of nitro groups is 1. The van der Waals surface area contributed by atoms with Crippen LogP contribution >= 0.6 is 11.6 Å². The summed E-state index contributed by atoms with van der Waals surface area (Å²) >= 11 is 5.58. The molecule has 1 amide bonds. The number of alkyl halides is 1. The van der Waals surface area contributed by atoms with E-state index < -0.39 is 4.92 Å². The maximum atomic E-state index is 12.0.